The summed E-state index contributed by atoms with van der Waals surface area (Å²) in [6.45, 7) is 5.58. The first kappa shape index (κ1) is 13.1. The van der Waals surface area contributed by atoms with Crippen molar-refractivity contribution < 1.29 is 0 Å². The number of halogens is 1. The summed E-state index contributed by atoms with van der Waals surface area (Å²) in [6.07, 6.45) is 1.66. The third-order valence-electron chi connectivity index (χ3n) is 3.20. The van der Waals surface area contributed by atoms with Gasteiger partial charge in [-0.3, -0.25) is 4.68 Å². The summed E-state index contributed by atoms with van der Waals surface area (Å²) in [5.41, 5.74) is 3.47. The van der Waals surface area contributed by atoms with Gasteiger partial charge in [0.1, 0.15) is 11.0 Å². The molecule has 0 saturated carbocycles. The maximum atomic E-state index is 5.98. The molecule has 0 radical (unpaired) electrons. The van der Waals surface area contributed by atoms with Gasteiger partial charge >= 0.3 is 0 Å². The van der Waals surface area contributed by atoms with E-state index in [4.69, 9.17) is 11.6 Å². The van der Waals surface area contributed by atoms with Crippen LogP contribution in [0.15, 0.2) is 6.20 Å². The Balaban J connectivity index is 2.30. The Kier molecular flexibility index (Phi) is 3.73. The van der Waals surface area contributed by atoms with Crippen LogP contribution in [0.25, 0.3) is 0 Å². The predicted octanol–water partition coefficient (Wildman–Crippen LogP) is 1.65. The van der Waals surface area contributed by atoms with E-state index < -0.39 is 0 Å². The molecule has 0 bridgehead atoms. The van der Waals surface area contributed by atoms with Gasteiger partial charge in [0.15, 0.2) is 0 Å². The molecule has 0 aliphatic carbocycles. The molecule has 98 valence electrons. The molecule has 0 saturated heterocycles. The zero-order chi connectivity index (χ0) is 13.3. The summed E-state index contributed by atoms with van der Waals surface area (Å²) in [7, 11) is 3.85. The average Bonchev–Trinajstić information content (AvgIpc) is 2.78. The Hall–Kier alpha value is -1.33. The first-order valence-corrected chi connectivity index (χ1v) is 6.26. The molecule has 0 aliphatic heterocycles. The molecule has 0 atom stereocenters. The van der Waals surface area contributed by atoms with Crippen molar-refractivity contribution in [2.24, 2.45) is 7.05 Å². The van der Waals surface area contributed by atoms with Crippen molar-refractivity contribution in [3.8, 4) is 0 Å². The highest BCUT2D eigenvalue weighted by molar-refractivity contribution is 6.29. The first-order chi connectivity index (χ1) is 8.54. The smallest absolute Gasteiger partial charge is 0.131 e. The fourth-order valence-corrected chi connectivity index (χ4v) is 2.17. The molecule has 0 spiro atoms. The molecule has 18 heavy (non-hydrogen) atoms. The summed E-state index contributed by atoms with van der Waals surface area (Å²) in [5, 5.41) is 8.36. The van der Waals surface area contributed by atoms with Crippen LogP contribution in [0.1, 0.15) is 22.8 Å². The lowest BCUT2D eigenvalue weighted by atomic mass is 10.2. The van der Waals surface area contributed by atoms with Crippen LogP contribution in [-0.2, 0) is 20.1 Å². The monoisotopic (exact) mass is 267 g/mol. The zero-order valence-electron chi connectivity index (χ0n) is 11.2. The zero-order valence-corrected chi connectivity index (χ0v) is 11.9. The number of hydrogen-bond donors (Lipinski definition) is 1. The molecule has 0 amide bonds. The Bertz CT molecular complexity index is 555. The molecule has 2 aromatic rings. The lowest BCUT2D eigenvalue weighted by Crippen LogP contribution is -2.10. The number of imidazole rings is 1. The molecule has 6 heteroatoms. The fraction of sp³-hybridized carbons (Fsp3) is 0.500. The number of nitrogens with zero attached hydrogens (tertiary/aromatic N) is 4. The largest absolute Gasteiger partial charge is 0.321 e. The molecular formula is C12H18ClN5. The van der Waals surface area contributed by atoms with E-state index in [0.717, 1.165) is 18.1 Å². The van der Waals surface area contributed by atoms with Gasteiger partial charge in [-0.25, -0.2) is 4.98 Å². The van der Waals surface area contributed by atoms with E-state index in [9.17, 15) is 0 Å². The van der Waals surface area contributed by atoms with E-state index in [2.05, 4.69) is 22.3 Å². The first-order valence-electron chi connectivity index (χ1n) is 5.88. The van der Waals surface area contributed by atoms with Crippen LogP contribution < -0.4 is 5.32 Å². The van der Waals surface area contributed by atoms with Gasteiger partial charge in [-0.1, -0.05) is 11.6 Å². The van der Waals surface area contributed by atoms with E-state index >= 15 is 0 Å². The Morgan fingerprint density at radius 1 is 1.39 bits per heavy atom. The second-order valence-corrected chi connectivity index (χ2v) is 4.78. The van der Waals surface area contributed by atoms with Crippen LogP contribution in [-0.4, -0.2) is 26.4 Å². The van der Waals surface area contributed by atoms with Gasteiger partial charge in [-0.05, 0) is 20.9 Å². The molecule has 0 aliphatic rings. The topological polar surface area (TPSA) is 47.7 Å². The van der Waals surface area contributed by atoms with Gasteiger partial charge in [0.2, 0.25) is 0 Å². The molecule has 1 N–H and O–H groups in total. The molecule has 2 aromatic heterocycles. The number of rotatable bonds is 4. The van der Waals surface area contributed by atoms with Crippen molar-refractivity contribution in [1.29, 1.82) is 0 Å². The second kappa shape index (κ2) is 5.12. The maximum Gasteiger partial charge on any atom is 0.131 e. The fourth-order valence-electron chi connectivity index (χ4n) is 2.03. The normalized spacial score (nSPS) is 11.2. The van der Waals surface area contributed by atoms with Crippen molar-refractivity contribution in [2.45, 2.75) is 26.9 Å². The van der Waals surface area contributed by atoms with Crippen molar-refractivity contribution in [3.63, 3.8) is 0 Å². The van der Waals surface area contributed by atoms with E-state index in [1.807, 2.05) is 30.3 Å². The number of aromatic nitrogens is 4. The van der Waals surface area contributed by atoms with Crippen LogP contribution in [0.5, 0.6) is 0 Å². The maximum absolute atomic E-state index is 5.98. The SMILES string of the molecule is CNCc1c(C)nn(Cc2ncc(Cl)n2C)c1C. The Labute approximate surface area is 112 Å². The number of aryl methyl sites for hydroxylation is 1. The molecule has 2 heterocycles. The van der Waals surface area contributed by atoms with Gasteiger partial charge in [0.05, 0.1) is 18.4 Å². The van der Waals surface area contributed by atoms with Gasteiger partial charge in [-0.15, -0.1) is 0 Å². The lowest BCUT2D eigenvalue weighted by molar-refractivity contribution is 0.611. The van der Waals surface area contributed by atoms with E-state index in [1.54, 1.807) is 6.20 Å². The van der Waals surface area contributed by atoms with Gasteiger partial charge < -0.3 is 9.88 Å². The van der Waals surface area contributed by atoms with Crippen molar-refractivity contribution in [3.05, 3.63) is 34.1 Å². The van der Waals surface area contributed by atoms with Crippen LogP contribution in [0, 0.1) is 13.8 Å². The van der Waals surface area contributed by atoms with E-state index in [-0.39, 0.29) is 0 Å². The molecular weight excluding hydrogens is 250 g/mol. The van der Waals surface area contributed by atoms with Crippen molar-refractivity contribution in [1.82, 2.24) is 24.6 Å². The minimum Gasteiger partial charge on any atom is -0.321 e. The van der Waals surface area contributed by atoms with Gasteiger partial charge in [-0.2, -0.15) is 5.10 Å². The second-order valence-electron chi connectivity index (χ2n) is 4.39. The highest BCUT2D eigenvalue weighted by Gasteiger charge is 2.13. The van der Waals surface area contributed by atoms with Crippen LogP contribution in [0.3, 0.4) is 0 Å². The van der Waals surface area contributed by atoms with Crippen molar-refractivity contribution in [2.75, 3.05) is 7.05 Å². The van der Waals surface area contributed by atoms with Crippen LogP contribution >= 0.6 is 11.6 Å². The van der Waals surface area contributed by atoms with Crippen LogP contribution in [0.2, 0.25) is 5.15 Å². The van der Waals surface area contributed by atoms with E-state index in [1.165, 1.54) is 11.3 Å². The third kappa shape index (κ3) is 2.28. The van der Waals surface area contributed by atoms with Crippen molar-refractivity contribution >= 4 is 11.6 Å². The van der Waals surface area contributed by atoms with E-state index in [0.29, 0.717) is 11.7 Å². The molecule has 5 nitrogen and oxygen atoms in total. The summed E-state index contributed by atoms with van der Waals surface area (Å²) in [5.74, 6) is 0.904. The minimum absolute atomic E-state index is 0.638. The Morgan fingerprint density at radius 3 is 2.67 bits per heavy atom. The number of hydrogen-bond acceptors (Lipinski definition) is 3. The predicted molar refractivity (Wildman–Crippen MR) is 71.8 cm³/mol. The summed E-state index contributed by atoms with van der Waals surface area (Å²) >= 11 is 5.98. The Morgan fingerprint density at radius 2 is 2.11 bits per heavy atom. The molecule has 0 aromatic carbocycles. The summed E-state index contributed by atoms with van der Waals surface area (Å²) in [6, 6.07) is 0. The third-order valence-corrected chi connectivity index (χ3v) is 3.55. The molecule has 2 rings (SSSR count). The molecule has 0 fully saturated rings. The highest BCUT2D eigenvalue weighted by Crippen LogP contribution is 2.15. The standard InChI is InChI=1S/C12H18ClN5/c1-8-10(5-14-3)9(2)18(16-8)7-12-15-6-11(13)17(12)4/h6,14H,5,7H2,1-4H3. The highest BCUT2D eigenvalue weighted by atomic mass is 35.5. The minimum atomic E-state index is 0.638. The average molecular weight is 268 g/mol. The molecule has 0 unspecified atom stereocenters. The van der Waals surface area contributed by atoms with Crippen LogP contribution in [0.4, 0.5) is 0 Å². The summed E-state index contributed by atoms with van der Waals surface area (Å²) in [4.78, 5) is 4.29. The number of nitrogens with one attached hydrogen (secondary N) is 1. The summed E-state index contributed by atoms with van der Waals surface area (Å²) < 4.78 is 3.84. The quantitative estimate of drug-likeness (QED) is 0.916. The van der Waals surface area contributed by atoms with Gasteiger partial charge in [0, 0.05) is 24.8 Å². The van der Waals surface area contributed by atoms with Gasteiger partial charge in [0.25, 0.3) is 0 Å². The lowest BCUT2D eigenvalue weighted by Gasteiger charge is -2.06.